The van der Waals surface area contributed by atoms with Gasteiger partial charge in [-0.25, -0.2) is 4.98 Å². The molecule has 1 heterocycles. The Balaban J connectivity index is 2.64. The van der Waals surface area contributed by atoms with Crippen molar-refractivity contribution in [1.29, 1.82) is 0 Å². The molecule has 74 valence electrons. The molecule has 3 N–H and O–H groups in total. The van der Waals surface area contributed by atoms with Crippen molar-refractivity contribution in [3.63, 3.8) is 0 Å². The maximum Gasteiger partial charge on any atom is 0.294 e. The monoisotopic (exact) mass is 183 g/mol. The molecule has 0 saturated heterocycles. The van der Waals surface area contributed by atoms with Crippen molar-refractivity contribution in [2.75, 3.05) is 18.4 Å². The molecule has 0 saturated carbocycles. The van der Waals surface area contributed by atoms with Gasteiger partial charge in [0.1, 0.15) is 5.76 Å². The normalized spacial score (nSPS) is 11.7. The van der Waals surface area contributed by atoms with Gasteiger partial charge in [-0.05, 0) is 0 Å². The second-order valence-electron chi connectivity index (χ2n) is 4.00. The zero-order chi connectivity index (χ0) is 9.90. The summed E-state index contributed by atoms with van der Waals surface area (Å²) in [7, 11) is 0. The quantitative estimate of drug-likeness (QED) is 0.742. The summed E-state index contributed by atoms with van der Waals surface area (Å²) in [5.74, 6) is 0.882. The number of anilines is 1. The molecule has 0 radical (unpaired) electrons. The SMILES string of the molecule is CC(C)(C)c1cnc(NCCN)o1. The third-order valence-electron chi connectivity index (χ3n) is 1.67. The second kappa shape index (κ2) is 3.79. The molecule has 0 unspecified atom stereocenters. The molecular weight excluding hydrogens is 166 g/mol. The summed E-state index contributed by atoms with van der Waals surface area (Å²) >= 11 is 0. The van der Waals surface area contributed by atoms with Crippen molar-refractivity contribution >= 4 is 6.01 Å². The highest BCUT2D eigenvalue weighted by Crippen LogP contribution is 2.24. The molecule has 4 nitrogen and oxygen atoms in total. The summed E-state index contributed by atoms with van der Waals surface area (Å²) in [6.07, 6.45) is 1.75. The lowest BCUT2D eigenvalue weighted by Gasteiger charge is -2.12. The van der Waals surface area contributed by atoms with Gasteiger partial charge in [0.05, 0.1) is 6.20 Å². The maximum atomic E-state index is 5.47. The Labute approximate surface area is 78.5 Å². The molecule has 1 aromatic rings. The Kier molecular flexibility index (Phi) is 2.93. The molecule has 0 atom stereocenters. The summed E-state index contributed by atoms with van der Waals surface area (Å²) in [5.41, 5.74) is 5.35. The summed E-state index contributed by atoms with van der Waals surface area (Å²) < 4.78 is 5.47. The largest absolute Gasteiger partial charge is 0.428 e. The number of hydrogen-bond donors (Lipinski definition) is 2. The molecule has 0 spiro atoms. The number of aromatic nitrogens is 1. The zero-order valence-electron chi connectivity index (χ0n) is 8.42. The van der Waals surface area contributed by atoms with Crippen LogP contribution in [0.1, 0.15) is 26.5 Å². The summed E-state index contributed by atoms with van der Waals surface area (Å²) in [4.78, 5) is 4.09. The molecule has 0 aromatic carbocycles. The van der Waals surface area contributed by atoms with Crippen LogP contribution in [0.5, 0.6) is 0 Å². The smallest absolute Gasteiger partial charge is 0.294 e. The number of nitrogens with zero attached hydrogens (tertiary/aromatic N) is 1. The van der Waals surface area contributed by atoms with Gasteiger partial charge in [-0.3, -0.25) is 0 Å². The average molecular weight is 183 g/mol. The van der Waals surface area contributed by atoms with E-state index in [2.05, 4.69) is 31.1 Å². The standard InChI is InChI=1S/C9H17N3O/c1-9(2,3)7-6-12-8(13-7)11-5-4-10/h6H,4-5,10H2,1-3H3,(H,11,12). The van der Waals surface area contributed by atoms with E-state index in [0.717, 1.165) is 5.76 Å². The summed E-state index contributed by atoms with van der Waals surface area (Å²) in [6.45, 7) is 7.51. The first-order valence-corrected chi connectivity index (χ1v) is 4.44. The predicted octanol–water partition coefficient (Wildman–Crippen LogP) is 1.34. The van der Waals surface area contributed by atoms with Crippen LogP contribution in [0.25, 0.3) is 0 Å². The van der Waals surface area contributed by atoms with E-state index < -0.39 is 0 Å². The van der Waals surface area contributed by atoms with Gasteiger partial charge in [0.25, 0.3) is 6.01 Å². The zero-order valence-corrected chi connectivity index (χ0v) is 8.42. The lowest BCUT2D eigenvalue weighted by Crippen LogP contribution is -2.13. The van der Waals surface area contributed by atoms with Crippen LogP contribution in [0.2, 0.25) is 0 Å². The molecule has 0 aliphatic heterocycles. The topological polar surface area (TPSA) is 64.1 Å². The van der Waals surface area contributed by atoms with E-state index in [4.69, 9.17) is 10.2 Å². The minimum atomic E-state index is 0.00957. The van der Waals surface area contributed by atoms with Crippen molar-refractivity contribution in [1.82, 2.24) is 4.98 Å². The minimum Gasteiger partial charge on any atom is -0.428 e. The van der Waals surface area contributed by atoms with Crippen LogP contribution in [0.4, 0.5) is 6.01 Å². The number of rotatable bonds is 3. The van der Waals surface area contributed by atoms with Crippen LogP contribution in [0.15, 0.2) is 10.6 Å². The van der Waals surface area contributed by atoms with Gasteiger partial charge in [-0.2, -0.15) is 0 Å². The van der Waals surface area contributed by atoms with Gasteiger partial charge in [0.15, 0.2) is 0 Å². The summed E-state index contributed by atoms with van der Waals surface area (Å²) in [6, 6.07) is 0.551. The molecule has 13 heavy (non-hydrogen) atoms. The van der Waals surface area contributed by atoms with E-state index in [1.54, 1.807) is 6.20 Å². The van der Waals surface area contributed by atoms with Crippen molar-refractivity contribution in [3.8, 4) is 0 Å². The van der Waals surface area contributed by atoms with Crippen LogP contribution in [-0.4, -0.2) is 18.1 Å². The number of oxazole rings is 1. The molecule has 1 aromatic heterocycles. The fraction of sp³-hybridized carbons (Fsp3) is 0.667. The predicted molar refractivity (Wildman–Crippen MR) is 52.7 cm³/mol. The third kappa shape index (κ3) is 2.73. The van der Waals surface area contributed by atoms with Crippen LogP contribution in [0, 0.1) is 0 Å². The van der Waals surface area contributed by atoms with Crippen LogP contribution in [-0.2, 0) is 5.41 Å². The third-order valence-corrected chi connectivity index (χ3v) is 1.67. The fourth-order valence-electron chi connectivity index (χ4n) is 0.882. The van der Waals surface area contributed by atoms with Crippen LogP contribution in [0.3, 0.4) is 0 Å². The highest BCUT2D eigenvalue weighted by molar-refractivity contribution is 5.22. The minimum absolute atomic E-state index is 0.00957. The van der Waals surface area contributed by atoms with E-state index in [1.165, 1.54) is 0 Å². The molecule has 0 aliphatic rings. The molecular formula is C9H17N3O. The Morgan fingerprint density at radius 3 is 2.69 bits per heavy atom. The fourth-order valence-corrected chi connectivity index (χ4v) is 0.882. The lowest BCUT2D eigenvalue weighted by atomic mass is 9.94. The van der Waals surface area contributed by atoms with E-state index in [1.807, 2.05) is 0 Å². The number of nitrogens with two attached hydrogens (primary N) is 1. The van der Waals surface area contributed by atoms with Crippen molar-refractivity contribution in [2.24, 2.45) is 5.73 Å². The maximum absolute atomic E-state index is 5.47. The molecule has 0 fully saturated rings. The lowest BCUT2D eigenvalue weighted by molar-refractivity contribution is 0.416. The van der Waals surface area contributed by atoms with E-state index in [-0.39, 0.29) is 5.41 Å². The van der Waals surface area contributed by atoms with Gasteiger partial charge in [-0.15, -0.1) is 0 Å². The van der Waals surface area contributed by atoms with Crippen molar-refractivity contribution in [3.05, 3.63) is 12.0 Å². The highest BCUT2D eigenvalue weighted by atomic mass is 16.4. The number of nitrogens with one attached hydrogen (secondary N) is 1. The van der Waals surface area contributed by atoms with Gasteiger partial charge >= 0.3 is 0 Å². The first-order valence-electron chi connectivity index (χ1n) is 4.44. The van der Waals surface area contributed by atoms with E-state index >= 15 is 0 Å². The van der Waals surface area contributed by atoms with Gasteiger partial charge in [-0.1, -0.05) is 20.8 Å². The first-order chi connectivity index (χ1) is 6.04. The molecule has 4 heteroatoms. The van der Waals surface area contributed by atoms with Crippen molar-refractivity contribution in [2.45, 2.75) is 26.2 Å². The van der Waals surface area contributed by atoms with Crippen LogP contribution < -0.4 is 11.1 Å². The van der Waals surface area contributed by atoms with E-state index in [9.17, 15) is 0 Å². The van der Waals surface area contributed by atoms with E-state index in [0.29, 0.717) is 19.1 Å². The Hall–Kier alpha value is -1.03. The molecule has 0 amide bonds. The van der Waals surface area contributed by atoms with Gasteiger partial charge in [0.2, 0.25) is 0 Å². The molecule has 0 bridgehead atoms. The average Bonchev–Trinajstić information content (AvgIpc) is 2.47. The molecule has 0 aliphatic carbocycles. The molecule has 1 rings (SSSR count). The van der Waals surface area contributed by atoms with Gasteiger partial charge < -0.3 is 15.5 Å². The van der Waals surface area contributed by atoms with Crippen molar-refractivity contribution < 1.29 is 4.42 Å². The second-order valence-corrected chi connectivity index (χ2v) is 4.00. The Bertz CT molecular complexity index is 262. The highest BCUT2D eigenvalue weighted by Gasteiger charge is 2.18. The number of hydrogen-bond acceptors (Lipinski definition) is 4. The Morgan fingerprint density at radius 1 is 1.54 bits per heavy atom. The van der Waals surface area contributed by atoms with Gasteiger partial charge in [0, 0.05) is 18.5 Å². The first kappa shape index (κ1) is 10.1. The van der Waals surface area contributed by atoms with Crippen LogP contribution >= 0.6 is 0 Å². The summed E-state index contributed by atoms with van der Waals surface area (Å²) in [5, 5.41) is 2.98. The Morgan fingerprint density at radius 2 is 2.23 bits per heavy atom.